The van der Waals surface area contributed by atoms with Crippen LogP contribution in [0.25, 0.3) is 0 Å². The zero-order chi connectivity index (χ0) is 14.8. The van der Waals surface area contributed by atoms with E-state index < -0.39 is 5.92 Å². The Labute approximate surface area is 122 Å². The van der Waals surface area contributed by atoms with Gasteiger partial charge in [-0.25, -0.2) is 0 Å². The number of rotatable bonds is 3. The van der Waals surface area contributed by atoms with Gasteiger partial charge in [0.2, 0.25) is 5.91 Å². The van der Waals surface area contributed by atoms with Crippen molar-refractivity contribution in [1.82, 2.24) is 0 Å². The first-order valence-electron chi connectivity index (χ1n) is 6.76. The number of methoxy groups -OCH3 is 1. The van der Waals surface area contributed by atoms with Crippen LogP contribution in [0.3, 0.4) is 0 Å². The molecule has 0 aliphatic heterocycles. The maximum absolute atomic E-state index is 12.3. The Bertz CT molecular complexity index is 709. The summed E-state index contributed by atoms with van der Waals surface area (Å²) in [6, 6.07) is 14.5. The Kier molecular flexibility index (Phi) is 3.44. The van der Waals surface area contributed by atoms with E-state index in [-0.39, 0.29) is 11.7 Å². The van der Waals surface area contributed by atoms with Gasteiger partial charge in [-0.2, -0.15) is 0 Å². The van der Waals surface area contributed by atoms with Crippen molar-refractivity contribution in [3.63, 3.8) is 0 Å². The second-order valence-electron chi connectivity index (χ2n) is 5.00. The Morgan fingerprint density at radius 2 is 2.00 bits per heavy atom. The van der Waals surface area contributed by atoms with Crippen molar-refractivity contribution < 1.29 is 14.3 Å². The number of anilines is 1. The molecule has 0 unspecified atom stereocenters. The molecule has 2 aromatic rings. The number of ether oxygens (including phenoxy) is 1. The first-order valence-corrected chi connectivity index (χ1v) is 6.76. The number of hydrogen-bond acceptors (Lipinski definition) is 3. The molecule has 4 heteroatoms. The van der Waals surface area contributed by atoms with E-state index in [2.05, 4.69) is 5.32 Å². The van der Waals surface area contributed by atoms with Crippen LogP contribution < -0.4 is 10.1 Å². The first kappa shape index (κ1) is 13.4. The number of nitrogens with one attached hydrogen (secondary N) is 1. The monoisotopic (exact) mass is 281 g/mol. The fraction of sp³-hybridized carbons (Fsp3) is 0.176. The van der Waals surface area contributed by atoms with Crippen LogP contribution in [-0.2, 0) is 11.2 Å². The summed E-state index contributed by atoms with van der Waals surface area (Å²) in [4.78, 5) is 24.6. The van der Waals surface area contributed by atoms with E-state index in [9.17, 15) is 9.59 Å². The van der Waals surface area contributed by atoms with Gasteiger partial charge in [-0.05, 0) is 24.1 Å². The number of Topliss-reactive ketones (excluding diaryl/α,β-unsaturated/α-hetero) is 1. The lowest BCUT2D eigenvalue weighted by molar-refractivity contribution is -0.118. The third-order valence-corrected chi connectivity index (χ3v) is 3.68. The number of carbonyl (C=O) groups is 2. The molecular formula is C17H15NO3. The predicted octanol–water partition coefficient (Wildman–Crippen LogP) is 2.69. The Hall–Kier alpha value is -2.62. The van der Waals surface area contributed by atoms with Crippen molar-refractivity contribution in [2.75, 3.05) is 12.4 Å². The molecule has 4 nitrogen and oxygen atoms in total. The minimum absolute atomic E-state index is 0.106. The average molecular weight is 281 g/mol. The van der Waals surface area contributed by atoms with Crippen LogP contribution in [0.2, 0.25) is 0 Å². The van der Waals surface area contributed by atoms with Crippen molar-refractivity contribution in [3.8, 4) is 5.75 Å². The van der Waals surface area contributed by atoms with Gasteiger partial charge in [0.1, 0.15) is 11.7 Å². The molecule has 1 aliphatic carbocycles. The molecule has 0 radical (unpaired) electrons. The SMILES string of the molecule is COc1cccc(NC(=O)[C@H]2Cc3ccccc3C2=O)c1. The second kappa shape index (κ2) is 5.40. The largest absolute Gasteiger partial charge is 0.497 e. The minimum atomic E-state index is -0.645. The molecule has 0 aromatic heterocycles. The van der Waals surface area contributed by atoms with Gasteiger partial charge in [-0.1, -0.05) is 30.3 Å². The molecule has 1 atom stereocenters. The molecule has 1 N–H and O–H groups in total. The van der Waals surface area contributed by atoms with Gasteiger partial charge in [0.05, 0.1) is 7.11 Å². The van der Waals surface area contributed by atoms with Gasteiger partial charge >= 0.3 is 0 Å². The van der Waals surface area contributed by atoms with Crippen LogP contribution in [0.4, 0.5) is 5.69 Å². The van der Waals surface area contributed by atoms with E-state index in [1.165, 1.54) is 0 Å². The molecule has 0 heterocycles. The lowest BCUT2D eigenvalue weighted by atomic mass is 10.0. The summed E-state index contributed by atoms with van der Waals surface area (Å²) < 4.78 is 5.12. The van der Waals surface area contributed by atoms with Crippen molar-refractivity contribution in [2.45, 2.75) is 6.42 Å². The molecule has 1 amide bonds. The second-order valence-corrected chi connectivity index (χ2v) is 5.00. The lowest BCUT2D eigenvalue weighted by Gasteiger charge is -2.10. The number of fused-ring (bicyclic) bond motifs is 1. The predicted molar refractivity (Wildman–Crippen MR) is 79.6 cm³/mol. The normalized spacial score (nSPS) is 16.4. The fourth-order valence-corrected chi connectivity index (χ4v) is 2.58. The lowest BCUT2D eigenvalue weighted by Crippen LogP contribution is -2.27. The number of benzene rings is 2. The van der Waals surface area contributed by atoms with E-state index in [4.69, 9.17) is 4.74 Å². The Morgan fingerprint density at radius 1 is 1.19 bits per heavy atom. The highest BCUT2D eigenvalue weighted by atomic mass is 16.5. The molecule has 0 saturated heterocycles. The van der Waals surface area contributed by atoms with Crippen molar-refractivity contribution >= 4 is 17.4 Å². The number of hydrogen-bond donors (Lipinski definition) is 1. The topological polar surface area (TPSA) is 55.4 Å². The van der Waals surface area contributed by atoms with Gasteiger partial charge in [-0.15, -0.1) is 0 Å². The standard InChI is InChI=1S/C17H15NO3/c1-21-13-7-4-6-12(10-13)18-17(20)15-9-11-5-2-3-8-14(11)16(15)19/h2-8,10,15H,9H2,1H3,(H,18,20)/t15-/m0/s1. The van der Waals surface area contributed by atoms with Gasteiger partial charge in [-0.3, -0.25) is 9.59 Å². The van der Waals surface area contributed by atoms with Gasteiger partial charge in [0, 0.05) is 17.3 Å². The smallest absolute Gasteiger partial charge is 0.235 e. The molecular weight excluding hydrogens is 266 g/mol. The van der Waals surface area contributed by atoms with Crippen LogP contribution >= 0.6 is 0 Å². The maximum Gasteiger partial charge on any atom is 0.235 e. The summed E-state index contributed by atoms with van der Waals surface area (Å²) in [7, 11) is 1.57. The highest BCUT2D eigenvalue weighted by Crippen LogP contribution is 2.28. The summed E-state index contributed by atoms with van der Waals surface area (Å²) >= 11 is 0. The summed E-state index contributed by atoms with van der Waals surface area (Å²) in [6.07, 6.45) is 0.463. The third kappa shape index (κ3) is 2.52. The molecule has 0 bridgehead atoms. The van der Waals surface area contributed by atoms with Crippen LogP contribution in [0, 0.1) is 5.92 Å². The molecule has 21 heavy (non-hydrogen) atoms. The molecule has 0 saturated carbocycles. The van der Waals surface area contributed by atoms with Crippen molar-refractivity contribution in [3.05, 3.63) is 59.7 Å². The molecule has 2 aromatic carbocycles. The molecule has 0 fully saturated rings. The van der Waals surface area contributed by atoms with E-state index in [1.807, 2.05) is 18.2 Å². The zero-order valence-corrected chi connectivity index (χ0v) is 11.6. The van der Waals surface area contributed by atoms with Crippen LogP contribution in [0.5, 0.6) is 5.75 Å². The molecule has 106 valence electrons. The van der Waals surface area contributed by atoms with Crippen LogP contribution in [-0.4, -0.2) is 18.8 Å². The molecule has 1 aliphatic rings. The van der Waals surface area contributed by atoms with Crippen LogP contribution in [0.1, 0.15) is 15.9 Å². The Morgan fingerprint density at radius 3 is 2.76 bits per heavy atom. The molecule has 3 rings (SSSR count). The quantitative estimate of drug-likeness (QED) is 0.880. The average Bonchev–Trinajstić information content (AvgIpc) is 2.85. The molecule has 0 spiro atoms. The van der Waals surface area contributed by atoms with Gasteiger partial charge in [0.15, 0.2) is 5.78 Å². The maximum atomic E-state index is 12.3. The Balaban J connectivity index is 1.77. The van der Waals surface area contributed by atoms with Crippen molar-refractivity contribution in [1.29, 1.82) is 0 Å². The summed E-state index contributed by atoms with van der Waals surface area (Å²) in [5, 5.41) is 2.78. The minimum Gasteiger partial charge on any atom is -0.497 e. The number of amides is 1. The number of ketones is 1. The number of carbonyl (C=O) groups excluding carboxylic acids is 2. The highest BCUT2D eigenvalue weighted by Gasteiger charge is 2.35. The van der Waals surface area contributed by atoms with E-state index in [0.717, 1.165) is 5.56 Å². The van der Waals surface area contributed by atoms with Gasteiger partial charge < -0.3 is 10.1 Å². The van der Waals surface area contributed by atoms with Crippen molar-refractivity contribution in [2.24, 2.45) is 5.92 Å². The van der Waals surface area contributed by atoms with E-state index in [1.54, 1.807) is 37.4 Å². The highest BCUT2D eigenvalue weighted by molar-refractivity contribution is 6.16. The summed E-state index contributed by atoms with van der Waals surface area (Å²) in [5.41, 5.74) is 2.22. The summed E-state index contributed by atoms with van der Waals surface area (Å²) in [6.45, 7) is 0. The van der Waals surface area contributed by atoms with Crippen LogP contribution in [0.15, 0.2) is 48.5 Å². The zero-order valence-electron chi connectivity index (χ0n) is 11.6. The van der Waals surface area contributed by atoms with E-state index in [0.29, 0.717) is 23.4 Å². The fourth-order valence-electron chi connectivity index (χ4n) is 2.58. The summed E-state index contributed by atoms with van der Waals surface area (Å²) in [5.74, 6) is -0.363. The first-order chi connectivity index (χ1) is 10.2. The van der Waals surface area contributed by atoms with E-state index >= 15 is 0 Å². The third-order valence-electron chi connectivity index (χ3n) is 3.68. The van der Waals surface area contributed by atoms with Gasteiger partial charge in [0.25, 0.3) is 0 Å².